The number of carboxylic acid groups (broad SMARTS) is 1. The molecule has 0 radical (unpaired) electrons. The Balaban J connectivity index is 1.32. The predicted octanol–water partition coefficient (Wildman–Crippen LogP) is 6.52. The van der Waals surface area contributed by atoms with Crippen molar-refractivity contribution < 1.29 is 24.9 Å². The average molecular weight is 583 g/mol. The summed E-state index contributed by atoms with van der Waals surface area (Å²) in [5.74, 6) is 0.177. The first-order valence-electron chi connectivity index (χ1n) is 13.6. The van der Waals surface area contributed by atoms with E-state index in [0.717, 1.165) is 16.7 Å². The van der Waals surface area contributed by atoms with E-state index in [0.29, 0.717) is 46.9 Å². The molecule has 1 heterocycles. The Kier molecular flexibility index (Phi) is 9.46. The normalized spacial score (nSPS) is 12.8. The molecule has 5 aromatic rings. The van der Waals surface area contributed by atoms with E-state index in [4.69, 9.17) is 16.3 Å². The van der Waals surface area contributed by atoms with Crippen molar-refractivity contribution in [3.8, 4) is 11.5 Å². The molecule has 0 amide bonds. The number of benzene rings is 4. The third kappa shape index (κ3) is 7.32. The topological polar surface area (TPSA) is 103 Å². The number of aliphatic hydroxyl groups excluding tert-OH is 2. The molecule has 0 aliphatic heterocycles. The lowest BCUT2D eigenvalue weighted by atomic mass is 10.0. The van der Waals surface area contributed by atoms with Gasteiger partial charge in [0.05, 0.1) is 23.8 Å². The number of ether oxygens (including phenoxy) is 1. The Hall–Kier alpha value is -4.27. The second-order valence-corrected chi connectivity index (χ2v) is 10.6. The molecule has 0 aliphatic rings. The predicted molar refractivity (Wildman–Crippen MR) is 163 cm³/mol. The minimum atomic E-state index is -1.01. The van der Waals surface area contributed by atoms with Crippen molar-refractivity contribution in [2.24, 2.45) is 0 Å². The van der Waals surface area contributed by atoms with Gasteiger partial charge in [-0.2, -0.15) is 0 Å². The Morgan fingerprint density at radius 2 is 1.69 bits per heavy atom. The molecule has 2 atom stereocenters. The lowest BCUT2D eigenvalue weighted by Crippen LogP contribution is -2.41. The third-order valence-electron chi connectivity index (χ3n) is 7.17. The van der Waals surface area contributed by atoms with Gasteiger partial charge >= 0.3 is 5.97 Å². The second-order valence-electron chi connectivity index (χ2n) is 10.1. The lowest BCUT2D eigenvalue weighted by molar-refractivity contribution is 0.0565. The van der Waals surface area contributed by atoms with Crippen LogP contribution in [-0.2, 0) is 13.0 Å². The fourth-order valence-corrected chi connectivity index (χ4v) is 5.15. The molecule has 5 rings (SSSR count). The minimum Gasteiger partial charge on any atom is -0.478 e. The monoisotopic (exact) mass is 582 g/mol. The van der Waals surface area contributed by atoms with Gasteiger partial charge in [0, 0.05) is 35.7 Å². The summed E-state index contributed by atoms with van der Waals surface area (Å²) in [6.07, 6.45) is 1.36. The quantitative estimate of drug-likeness (QED) is 0.154. The van der Waals surface area contributed by atoms with E-state index < -0.39 is 12.1 Å². The molecule has 0 fully saturated rings. The molecule has 42 heavy (non-hydrogen) atoms. The van der Waals surface area contributed by atoms with Gasteiger partial charge in [0.1, 0.15) is 11.5 Å². The van der Waals surface area contributed by atoms with Crippen LogP contribution in [-0.4, -0.2) is 50.4 Å². The smallest absolute Gasteiger partial charge is 0.335 e. The van der Waals surface area contributed by atoms with Crippen molar-refractivity contribution in [2.75, 3.05) is 13.2 Å². The SMILES string of the molecule is O=C(O)c1ccc2c(Oc3ccc(C[C@@H](CO)N(Cc4ccccc4)C[C@H](O)c4cccc(Cl)c4)cc3)ccnc2c1. The van der Waals surface area contributed by atoms with Gasteiger partial charge in [0.15, 0.2) is 0 Å². The van der Waals surface area contributed by atoms with Crippen LogP contribution in [0.25, 0.3) is 10.9 Å². The molecule has 8 heteroatoms. The molecular formula is C34H31ClN2O5. The summed E-state index contributed by atoms with van der Waals surface area (Å²) < 4.78 is 6.12. The molecule has 4 aromatic carbocycles. The number of carbonyl (C=O) groups is 1. The van der Waals surface area contributed by atoms with Gasteiger partial charge in [0.2, 0.25) is 0 Å². The Morgan fingerprint density at radius 3 is 2.40 bits per heavy atom. The summed E-state index contributed by atoms with van der Waals surface area (Å²) in [5.41, 5.74) is 3.51. The number of hydrogen-bond donors (Lipinski definition) is 3. The number of aromatic carboxylic acids is 1. The van der Waals surface area contributed by atoms with Gasteiger partial charge in [-0.15, -0.1) is 0 Å². The summed E-state index contributed by atoms with van der Waals surface area (Å²) in [6.45, 7) is 0.790. The van der Waals surface area contributed by atoms with E-state index >= 15 is 0 Å². The zero-order valence-electron chi connectivity index (χ0n) is 22.8. The molecule has 214 valence electrons. The van der Waals surface area contributed by atoms with Gasteiger partial charge in [-0.25, -0.2) is 4.79 Å². The van der Waals surface area contributed by atoms with Gasteiger partial charge in [-0.05, 0) is 71.6 Å². The van der Waals surface area contributed by atoms with Gasteiger partial charge in [0.25, 0.3) is 0 Å². The van der Waals surface area contributed by atoms with Gasteiger partial charge < -0.3 is 20.1 Å². The molecule has 0 unspecified atom stereocenters. The zero-order chi connectivity index (χ0) is 29.5. The summed E-state index contributed by atoms with van der Waals surface area (Å²) in [5, 5.41) is 32.1. The lowest BCUT2D eigenvalue weighted by Gasteiger charge is -2.32. The fraction of sp³-hybridized carbons (Fsp3) is 0.176. The molecule has 0 saturated heterocycles. The first-order valence-corrected chi connectivity index (χ1v) is 14.0. The molecular weight excluding hydrogens is 552 g/mol. The number of halogens is 1. The maximum atomic E-state index is 11.3. The van der Waals surface area contributed by atoms with Crippen LogP contribution < -0.4 is 4.74 Å². The van der Waals surface area contributed by atoms with E-state index in [1.54, 1.807) is 30.5 Å². The van der Waals surface area contributed by atoms with Crippen LogP contribution in [0.5, 0.6) is 11.5 Å². The molecule has 1 aromatic heterocycles. The van der Waals surface area contributed by atoms with Crippen molar-refractivity contribution in [3.63, 3.8) is 0 Å². The number of carboxylic acids is 1. The molecule has 0 bridgehead atoms. The summed E-state index contributed by atoms with van der Waals surface area (Å²) in [4.78, 5) is 17.7. The molecule has 0 aliphatic carbocycles. The number of aromatic nitrogens is 1. The number of rotatable bonds is 12. The average Bonchev–Trinajstić information content (AvgIpc) is 3.00. The number of nitrogens with zero attached hydrogens (tertiary/aromatic N) is 2. The number of aliphatic hydroxyl groups is 2. The molecule has 7 nitrogen and oxygen atoms in total. The number of fused-ring (bicyclic) bond motifs is 1. The number of pyridine rings is 1. The van der Waals surface area contributed by atoms with Crippen LogP contribution in [0.3, 0.4) is 0 Å². The van der Waals surface area contributed by atoms with E-state index in [9.17, 15) is 20.1 Å². The molecule has 3 N–H and O–H groups in total. The Labute approximate surface area is 249 Å². The highest BCUT2D eigenvalue weighted by Gasteiger charge is 2.23. The first-order chi connectivity index (χ1) is 20.4. The standard InChI is InChI=1S/C34H31ClN2O5/c35-27-8-4-7-25(18-27)32(39)21-37(20-24-5-2-1-3-6-24)28(22-38)17-23-9-12-29(13-10-23)42-33-15-16-36-31-19-26(34(40)41)11-14-30(31)33/h1-16,18-19,28,32,38-39H,17,20-22H2,(H,40,41)/t28-,32-/m0/s1. The van der Waals surface area contributed by atoms with Crippen LogP contribution in [0.1, 0.15) is 33.2 Å². The highest BCUT2D eigenvalue weighted by atomic mass is 35.5. The van der Waals surface area contributed by atoms with Crippen molar-refractivity contribution in [2.45, 2.75) is 25.1 Å². The minimum absolute atomic E-state index is 0.0886. The van der Waals surface area contributed by atoms with Gasteiger partial charge in [-0.3, -0.25) is 9.88 Å². The van der Waals surface area contributed by atoms with E-state index in [-0.39, 0.29) is 18.2 Å². The zero-order valence-corrected chi connectivity index (χ0v) is 23.6. The maximum Gasteiger partial charge on any atom is 0.335 e. The van der Waals surface area contributed by atoms with Crippen LogP contribution in [0.4, 0.5) is 0 Å². The van der Waals surface area contributed by atoms with Crippen LogP contribution in [0.2, 0.25) is 5.02 Å². The van der Waals surface area contributed by atoms with Crippen molar-refractivity contribution in [3.05, 3.63) is 137 Å². The van der Waals surface area contributed by atoms with E-state index in [1.165, 1.54) is 12.1 Å². The summed E-state index contributed by atoms with van der Waals surface area (Å²) in [6, 6.07) is 31.1. The third-order valence-corrected chi connectivity index (χ3v) is 7.40. The Morgan fingerprint density at radius 1 is 0.905 bits per heavy atom. The van der Waals surface area contributed by atoms with Crippen molar-refractivity contribution in [1.82, 2.24) is 9.88 Å². The van der Waals surface area contributed by atoms with Crippen LogP contribution in [0, 0.1) is 0 Å². The van der Waals surface area contributed by atoms with Crippen molar-refractivity contribution in [1.29, 1.82) is 0 Å². The largest absolute Gasteiger partial charge is 0.478 e. The van der Waals surface area contributed by atoms with E-state index in [1.807, 2.05) is 66.7 Å². The highest BCUT2D eigenvalue weighted by Crippen LogP contribution is 2.30. The highest BCUT2D eigenvalue weighted by molar-refractivity contribution is 6.30. The molecule has 0 spiro atoms. The van der Waals surface area contributed by atoms with Crippen LogP contribution >= 0.6 is 11.6 Å². The van der Waals surface area contributed by atoms with Crippen molar-refractivity contribution >= 4 is 28.5 Å². The van der Waals surface area contributed by atoms with E-state index in [2.05, 4.69) is 9.88 Å². The second kappa shape index (κ2) is 13.6. The van der Waals surface area contributed by atoms with Gasteiger partial charge in [-0.1, -0.05) is 66.2 Å². The Bertz CT molecular complexity index is 1650. The van der Waals surface area contributed by atoms with Crippen LogP contribution in [0.15, 0.2) is 109 Å². The summed E-state index contributed by atoms with van der Waals surface area (Å²) in [7, 11) is 0. The fourth-order valence-electron chi connectivity index (χ4n) is 4.95. The molecule has 0 saturated carbocycles. The first kappa shape index (κ1) is 29.2. The maximum absolute atomic E-state index is 11.3. The number of hydrogen-bond acceptors (Lipinski definition) is 6. The summed E-state index contributed by atoms with van der Waals surface area (Å²) >= 11 is 6.16.